The second kappa shape index (κ2) is 6.14. The first-order valence-corrected chi connectivity index (χ1v) is 5.24. The molecule has 1 rings (SSSR count). The van der Waals surface area contributed by atoms with Gasteiger partial charge in [0.05, 0.1) is 13.2 Å². The molecule has 3 heteroatoms. The Hall–Kier alpha value is -1.53. The van der Waals surface area contributed by atoms with Crippen LogP contribution in [0.2, 0.25) is 0 Å². The van der Waals surface area contributed by atoms with Crippen LogP contribution in [0.3, 0.4) is 0 Å². The maximum absolute atomic E-state index is 13.3. The smallest absolute Gasteiger partial charge is 0.165 e. The topological polar surface area (TPSA) is 35.2 Å². The van der Waals surface area contributed by atoms with Crippen LogP contribution in [-0.2, 0) is 0 Å². The molecule has 1 aromatic carbocycles. The second-order valence-corrected chi connectivity index (χ2v) is 3.86. The minimum atomic E-state index is -0.362. The summed E-state index contributed by atoms with van der Waals surface area (Å²) in [5.74, 6) is 5.80. The predicted molar refractivity (Wildman–Crippen MR) is 62.7 cm³/mol. The van der Waals surface area contributed by atoms with E-state index in [-0.39, 0.29) is 11.6 Å². The zero-order valence-corrected chi connectivity index (χ0v) is 9.59. The number of hydrogen-bond donors (Lipinski definition) is 1. The van der Waals surface area contributed by atoms with Crippen molar-refractivity contribution in [2.75, 3.05) is 13.2 Å². The molecular weight excluding hydrogens is 205 g/mol. The van der Waals surface area contributed by atoms with Crippen LogP contribution >= 0.6 is 0 Å². The van der Waals surface area contributed by atoms with E-state index in [9.17, 15) is 4.39 Å². The third kappa shape index (κ3) is 3.92. The SMILES string of the molecule is CC(C)COc1cc(C#CCN)ccc1F. The second-order valence-electron chi connectivity index (χ2n) is 3.86. The van der Waals surface area contributed by atoms with Crippen LogP contribution < -0.4 is 10.5 Å². The first-order chi connectivity index (χ1) is 7.63. The van der Waals surface area contributed by atoms with Crippen molar-refractivity contribution in [2.24, 2.45) is 11.7 Å². The monoisotopic (exact) mass is 221 g/mol. The van der Waals surface area contributed by atoms with Crippen molar-refractivity contribution in [3.05, 3.63) is 29.6 Å². The minimum Gasteiger partial charge on any atom is -0.490 e. The van der Waals surface area contributed by atoms with Crippen LogP contribution in [0.5, 0.6) is 5.75 Å². The molecule has 0 heterocycles. The van der Waals surface area contributed by atoms with Crippen molar-refractivity contribution in [3.8, 4) is 17.6 Å². The average molecular weight is 221 g/mol. The van der Waals surface area contributed by atoms with Gasteiger partial charge in [-0.3, -0.25) is 0 Å². The first-order valence-electron chi connectivity index (χ1n) is 5.24. The van der Waals surface area contributed by atoms with Crippen LogP contribution in [0.15, 0.2) is 18.2 Å². The number of hydrogen-bond acceptors (Lipinski definition) is 2. The van der Waals surface area contributed by atoms with Crippen LogP contribution in [0.25, 0.3) is 0 Å². The van der Waals surface area contributed by atoms with E-state index in [1.54, 1.807) is 12.1 Å². The highest BCUT2D eigenvalue weighted by molar-refractivity contribution is 5.40. The lowest BCUT2D eigenvalue weighted by molar-refractivity contribution is 0.259. The Kier molecular flexibility index (Phi) is 4.81. The van der Waals surface area contributed by atoms with E-state index in [4.69, 9.17) is 10.5 Å². The van der Waals surface area contributed by atoms with E-state index in [1.807, 2.05) is 13.8 Å². The number of nitrogens with two attached hydrogens (primary N) is 1. The average Bonchev–Trinajstić information content (AvgIpc) is 2.26. The summed E-state index contributed by atoms with van der Waals surface area (Å²) < 4.78 is 18.7. The van der Waals surface area contributed by atoms with Crippen molar-refractivity contribution in [1.29, 1.82) is 0 Å². The van der Waals surface area contributed by atoms with E-state index < -0.39 is 0 Å². The quantitative estimate of drug-likeness (QED) is 0.794. The summed E-state index contributed by atoms with van der Waals surface area (Å²) in [5, 5.41) is 0. The minimum absolute atomic E-state index is 0.248. The molecule has 0 saturated carbocycles. The molecule has 86 valence electrons. The predicted octanol–water partition coefficient (Wildman–Crippen LogP) is 2.17. The van der Waals surface area contributed by atoms with Gasteiger partial charge in [0.15, 0.2) is 11.6 Å². The molecule has 0 unspecified atom stereocenters. The Bertz CT molecular complexity index is 404. The van der Waals surface area contributed by atoms with Gasteiger partial charge in [0.1, 0.15) is 0 Å². The number of rotatable bonds is 3. The fourth-order valence-corrected chi connectivity index (χ4v) is 1.10. The number of halogens is 1. The molecule has 1 aromatic rings. The highest BCUT2D eigenvalue weighted by atomic mass is 19.1. The summed E-state index contributed by atoms with van der Waals surface area (Å²) in [6.45, 7) is 4.80. The van der Waals surface area contributed by atoms with E-state index in [2.05, 4.69) is 11.8 Å². The van der Waals surface area contributed by atoms with Crippen LogP contribution in [0.4, 0.5) is 4.39 Å². The Morgan fingerprint density at radius 2 is 2.19 bits per heavy atom. The standard InChI is InChI=1S/C13H16FNO/c1-10(2)9-16-13-8-11(4-3-7-15)5-6-12(13)14/h5-6,8,10H,7,9,15H2,1-2H3. The fourth-order valence-electron chi connectivity index (χ4n) is 1.10. The molecule has 0 spiro atoms. The van der Waals surface area contributed by atoms with E-state index in [1.165, 1.54) is 6.07 Å². The van der Waals surface area contributed by atoms with Gasteiger partial charge in [0.2, 0.25) is 0 Å². The van der Waals surface area contributed by atoms with Gasteiger partial charge in [-0.15, -0.1) is 0 Å². The molecule has 0 atom stereocenters. The van der Waals surface area contributed by atoms with Crippen LogP contribution in [-0.4, -0.2) is 13.2 Å². The summed E-state index contributed by atoms with van der Waals surface area (Å²) in [6, 6.07) is 4.57. The van der Waals surface area contributed by atoms with Crippen molar-refractivity contribution in [2.45, 2.75) is 13.8 Å². The largest absolute Gasteiger partial charge is 0.490 e. The third-order valence-electron chi connectivity index (χ3n) is 1.84. The van der Waals surface area contributed by atoms with E-state index in [0.717, 1.165) is 0 Å². The molecule has 2 nitrogen and oxygen atoms in total. The van der Waals surface area contributed by atoms with Crippen LogP contribution in [0, 0.1) is 23.6 Å². The summed E-state index contributed by atoms with van der Waals surface area (Å²) in [7, 11) is 0. The van der Waals surface area contributed by atoms with Gasteiger partial charge in [-0.25, -0.2) is 4.39 Å². The molecular formula is C13H16FNO. The van der Waals surface area contributed by atoms with E-state index >= 15 is 0 Å². The van der Waals surface area contributed by atoms with Crippen molar-refractivity contribution in [1.82, 2.24) is 0 Å². The molecule has 0 aromatic heterocycles. The molecule has 0 bridgehead atoms. The third-order valence-corrected chi connectivity index (χ3v) is 1.84. The molecule has 0 fully saturated rings. The molecule has 0 aliphatic rings. The van der Waals surface area contributed by atoms with E-state index in [0.29, 0.717) is 24.6 Å². The first kappa shape index (κ1) is 12.5. The fraction of sp³-hybridized carbons (Fsp3) is 0.385. The van der Waals surface area contributed by atoms with Gasteiger partial charge in [-0.1, -0.05) is 25.7 Å². The zero-order valence-electron chi connectivity index (χ0n) is 9.59. The molecule has 16 heavy (non-hydrogen) atoms. The highest BCUT2D eigenvalue weighted by Gasteiger charge is 2.04. The summed E-state index contributed by atoms with van der Waals surface area (Å²) in [6.07, 6.45) is 0. The summed E-state index contributed by atoms with van der Waals surface area (Å²) in [5.41, 5.74) is 5.98. The molecule has 0 radical (unpaired) electrons. The Labute approximate surface area is 95.6 Å². The van der Waals surface area contributed by atoms with Gasteiger partial charge in [-0.2, -0.15) is 0 Å². The lowest BCUT2D eigenvalue weighted by Crippen LogP contribution is -2.05. The Balaban J connectivity index is 2.82. The van der Waals surface area contributed by atoms with Crippen molar-refractivity contribution < 1.29 is 9.13 Å². The van der Waals surface area contributed by atoms with Gasteiger partial charge in [0, 0.05) is 5.56 Å². The van der Waals surface area contributed by atoms with Gasteiger partial charge >= 0.3 is 0 Å². The Morgan fingerprint density at radius 3 is 2.81 bits per heavy atom. The normalized spacial score (nSPS) is 9.81. The lowest BCUT2D eigenvalue weighted by Gasteiger charge is -2.09. The maximum Gasteiger partial charge on any atom is 0.165 e. The lowest BCUT2D eigenvalue weighted by atomic mass is 10.2. The maximum atomic E-state index is 13.3. The highest BCUT2D eigenvalue weighted by Crippen LogP contribution is 2.19. The van der Waals surface area contributed by atoms with Gasteiger partial charge in [0.25, 0.3) is 0 Å². The number of ether oxygens (including phenoxy) is 1. The van der Waals surface area contributed by atoms with Crippen LogP contribution in [0.1, 0.15) is 19.4 Å². The molecule has 2 N–H and O–H groups in total. The zero-order chi connectivity index (χ0) is 12.0. The molecule has 0 aliphatic heterocycles. The Morgan fingerprint density at radius 1 is 1.44 bits per heavy atom. The van der Waals surface area contributed by atoms with Gasteiger partial charge in [-0.05, 0) is 24.1 Å². The molecule has 0 aliphatic carbocycles. The molecule has 0 saturated heterocycles. The van der Waals surface area contributed by atoms with Crippen molar-refractivity contribution in [3.63, 3.8) is 0 Å². The van der Waals surface area contributed by atoms with Gasteiger partial charge < -0.3 is 10.5 Å². The summed E-state index contributed by atoms with van der Waals surface area (Å²) in [4.78, 5) is 0. The summed E-state index contributed by atoms with van der Waals surface area (Å²) >= 11 is 0. The van der Waals surface area contributed by atoms with Crippen molar-refractivity contribution >= 4 is 0 Å². The molecule has 0 amide bonds. The number of benzene rings is 1.